The van der Waals surface area contributed by atoms with Gasteiger partial charge in [-0.1, -0.05) is 30.3 Å². The third-order valence-corrected chi connectivity index (χ3v) is 7.00. The number of nitrogen functional groups attached to an aromatic ring is 1. The predicted octanol–water partition coefficient (Wildman–Crippen LogP) is 5.04. The minimum Gasteiger partial charge on any atom is -0.480 e. The lowest BCUT2D eigenvalue weighted by molar-refractivity contribution is -0.141. The molecule has 2 aromatic heterocycles. The summed E-state index contributed by atoms with van der Waals surface area (Å²) in [6.07, 6.45) is 1.06. The fourth-order valence-electron chi connectivity index (χ4n) is 4.29. The molecule has 1 fully saturated rings. The Morgan fingerprint density at radius 2 is 1.82 bits per heavy atom. The van der Waals surface area contributed by atoms with Gasteiger partial charge in [0.1, 0.15) is 21.6 Å². The lowest BCUT2D eigenvalue weighted by Crippen LogP contribution is -2.40. The summed E-state index contributed by atoms with van der Waals surface area (Å²) in [6, 6.07) is 16.7. The number of nitrogens with two attached hydrogens (primary N) is 1. The quantitative estimate of drug-likeness (QED) is 0.444. The van der Waals surface area contributed by atoms with Crippen molar-refractivity contribution in [2.24, 2.45) is 0 Å². The van der Waals surface area contributed by atoms with Crippen LogP contribution in [0.4, 0.5) is 10.1 Å². The number of pyridine rings is 1. The second-order valence-electron chi connectivity index (χ2n) is 7.95. The van der Waals surface area contributed by atoms with Crippen LogP contribution in [-0.4, -0.2) is 39.5 Å². The van der Waals surface area contributed by atoms with Crippen LogP contribution in [0.1, 0.15) is 22.5 Å². The molecule has 0 saturated carbocycles. The molecule has 1 saturated heterocycles. The Morgan fingerprint density at radius 1 is 1.09 bits per heavy atom. The number of carbonyl (C=O) groups is 2. The molecule has 1 atom stereocenters. The van der Waals surface area contributed by atoms with E-state index in [1.165, 1.54) is 17.0 Å². The molecule has 3 heterocycles. The number of likely N-dealkylation sites (tertiary alicyclic amines) is 1. The van der Waals surface area contributed by atoms with Crippen molar-refractivity contribution in [2.75, 3.05) is 12.3 Å². The van der Waals surface area contributed by atoms with E-state index in [9.17, 15) is 19.1 Å². The minimum absolute atomic E-state index is 0.291. The number of carboxylic acids is 1. The van der Waals surface area contributed by atoms with Gasteiger partial charge in [0.25, 0.3) is 5.91 Å². The monoisotopic (exact) mass is 461 g/mol. The van der Waals surface area contributed by atoms with Crippen LogP contribution < -0.4 is 5.73 Å². The Bertz CT molecular complexity index is 1370. The molecule has 0 spiro atoms. The summed E-state index contributed by atoms with van der Waals surface area (Å²) in [6.45, 7) is 0.378. The standard InChI is InChI=1S/C25H20FN3O3S/c26-16-10-8-15(9-11-16)18-13-17(14-5-2-1-3-6-14)20-21(27)22(33-23(20)28-18)24(30)29-12-4-7-19(29)25(31)32/h1-3,5-6,8-11,13,19H,4,7,12,27H2,(H,31,32). The van der Waals surface area contributed by atoms with Crippen LogP contribution in [-0.2, 0) is 4.79 Å². The van der Waals surface area contributed by atoms with E-state index in [4.69, 9.17) is 10.7 Å². The van der Waals surface area contributed by atoms with E-state index in [1.54, 1.807) is 12.1 Å². The zero-order valence-electron chi connectivity index (χ0n) is 17.5. The van der Waals surface area contributed by atoms with Crippen molar-refractivity contribution in [3.05, 3.63) is 71.4 Å². The van der Waals surface area contributed by atoms with Crippen LogP contribution in [0.25, 0.3) is 32.6 Å². The van der Waals surface area contributed by atoms with Crippen LogP contribution in [0, 0.1) is 5.82 Å². The van der Waals surface area contributed by atoms with Gasteiger partial charge in [0, 0.05) is 17.5 Å². The first-order valence-corrected chi connectivity index (χ1v) is 11.3. The van der Waals surface area contributed by atoms with Crippen molar-refractivity contribution < 1.29 is 19.1 Å². The number of benzene rings is 2. The maximum Gasteiger partial charge on any atom is 0.326 e. The molecule has 4 aromatic rings. The summed E-state index contributed by atoms with van der Waals surface area (Å²) in [5.41, 5.74) is 9.88. The van der Waals surface area contributed by atoms with Crippen LogP contribution in [0.15, 0.2) is 60.7 Å². The van der Waals surface area contributed by atoms with Gasteiger partial charge >= 0.3 is 5.97 Å². The predicted molar refractivity (Wildman–Crippen MR) is 127 cm³/mol. The van der Waals surface area contributed by atoms with Crippen LogP contribution in [0.2, 0.25) is 0 Å². The van der Waals surface area contributed by atoms with Crippen molar-refractivity contribution in [3.8, 4) is 22.4 Å². The van der Waals surface area contributed by atoms with E-state index in [1.807, 2.05) is 36.4 Å². The van der Waals surface area contributed by atoms with E-state index < -0.39 is 12.0 Å². The first-order chi connectivity index (χ1) is 15.9. The second kappa shape index (κ2) is 8.29. The molecule has 0 bridgehead atoms. The van der Waals surface area contributed by atoms with Crippen molar-refractivity contribution in [2.45, 2.75) is 18.9 Å². The number of fused-ring (bicyclic) bond motifs is 1. The highest BCUT2D eigenvalue weighted by Crippen LogP contribution is 2.42. The maximum absolute atomic E-state index is 13.5. The number of carboxylic acid groups (broad SMARTS) is 1. The number of carbonyl (C=O) groups excluding carboxylic acids is 1. The van der Waals surface area contributed by atoms with Crippen molar-refractivity contribution >= 4 is 39.1 Å². The number of aliphatic carboxylic acids is 1. The average molecular weight is 462 g/mol. The van der Waals surface area contributed by atoms with Gasteiger partial charge in [-0.15, -0.1) is 11.3 Å². The average Bonchev–Trinajstić information content (AvgIpc) is 3.44. The summed E-state index contributed by atoms with van der Waals surface area (Å²) in [5, 5.41) is 10.2. The van der Waals surface area contributed by atoms with Crippen LogP contribution in [0.5, 0.6) is 0 Å². The molecule has 8 heteroatoms. The second-order valence-corrected chi connectivity index (χ2v) is 8.95. The van der Waals surface area contributed by atoms with Gasteiger partial charge in [0.15, 0.2) is 0 Å². The maximum atomic E-state index is 13.5. The van der Waals surface area contributed by atoms with Gasteiger partial charge in [-0.25, -0.2) is 14.2 Å². The molecule has 6 nitrogen and oxygen atoms in total. The van der Waals surface area contributed by atoms with Gasteiger partial charge in [-0.2, -0.15) is 0 Å². The van der Waals surface area contributed by atoms with Gasteiger partial charge in [-0.05, 0) is 54.3 Å². The van der Waals surface area contributed by atoms with E-state index in [0.29, 0.717) is 45.9 Å². The molecule has 1 aliphatic heterocycles. The SMILES string of the molecule is Nc1c(C(=O)N2CCCC2C(=O)O)sc2nc(-c3ccc(F)cc3)cc(-c3ccccc3)c12. The van der Waals surface area contributed by atoms with E-state index in [2.05, 4.69) is 0 Å². The summed E-state index contributed by atoms with van der Waals surface area (Å²) >= 11 is 1.16. The van der Waals surface area contributed by atoms with Crippen LogP contribution >= 0.6 is 11.3 Å². The molecule has 1 unspecified atom stereocenters. The fourth-order valence-corrected chi connectivity index (χ4v) is 5.37. The topological polar surface area (TPSA) is 96.5 Å². The first-order valence-electron chi connectivity index (χ1n) is 10.5. The summed E-state index contributed by atoms with van der Waals surface area (Å²) in [4.78, 5) is 31.9. The Kier molecular flexibility index (Phi) is 5.30. The lowest BCUT2D eigenvalue weighted by Gasteiger charge is -2.20. The normalized spacial score (nSPS) is 15.8. The number of anilines is 1. The molecular formula is C25H20FN3O3S. The summed E-state index contributed by atoms with van der Waals surface area (Å²) in [5.74, 6) is -1.74. The molecule has 166 valence electrons. The number of amides is 1. The Hall–Kier alpha value is -3.78. The Balaban J connectivity index is 1.70. The minimum atomic E-state index is -1.01. The molecule has 5 rings (SSSR count). The third-order valence-electron chi connectivity index (χ3n) is 5.92. The molecule has 0 aliphatic carbocycles. The fraction of sp³-hybridized carbons (Fsp3) is 0.160. The van der Waals surface area contributed by atoms with Crippen molar-refractivity contribution in [3.63, 3.8) is 0 Å². The number of hydrogen-bond acceptors (Lipinski definition) is 5. The van der Waals surface area contributed by atoms with Crippen LogP contribution in [0.3, 0.4) is 0 Å². The molecule has 33 heavy (non-hydrogen) atoms. The molecule has 0 radical (unpaired) electrons. The molecule has 1 amide bonds. The molecule has 1 aliphatic rings. The van der Waals surface area contributed by atoms with E-state index in [0.717, 1.165) is 28.0 Å². The van der Waals surface area contributed by atoms with Gasteiger partial charge < -0.3 is 15.7 Å². The number of nitrogens with zero attached hydrogens (tertiary/aromatic N) is 2. The number of aromatic nitrogens is 1. The highest BCUT2D eigenvalue weighted by molar-refractivity contribution is 7.21. The first kappa shape index (κ1) is 21.1. The van der Waals surface area contributed by atoms with E-state index >= 15 is 0 Å². The lowest BCUT2D eigenvalue weighted by atomic mass is 9.99. The zero-order chi connectivity index (χ0) is 23.1. The smallest absolute Gasteiger partial charge is 0.326 e. The number of thiophene rings is 1. The van der Waals surface area contributed by atoms with Crippen molar-refractivity contribution in [1.82, 2.24) is 9.88 Å². The Morgan fingerprint density at radius 3 is 2.52 bits per heavy atom. The largest absolute Gasteiger partial charge is 0.480 e. The van der Waals surface area contributed by atoms with Gasteiger partial charge in [-0.3, -0.25) is 4.79 Å². The molecule has 2 aromatic carbocycles. The summed E-state index contributed by atoms with van der Waals surface area (Å²) < 4.78 is 13.5. The molecular weight excluding hydrogens is 441 g/mol. The number of hydrogen-bond donors (Lipinski definition) is 2. The summed E-state index contributed by atoms with van der Waals surface area (Å²) in [7, 11) is 0. The van der Waals surface area contributed by atoms with E-state index in [-0.39, 0.29) is 11.7 Å². The van der Waals surface area contributed by atoms with Crippen molar-refractivity contribution in [1.29, 1.82) is 0 Å². The zero-order valence-corrected chi connectivity index (χ0v) is 18.3. The highest BCUT2D eigenvalue weighted by atomic mass is 32.1. The Labute approximate surface area is 193 Å². The third kappa shape index (κ3) is 3.72. The highest BCUT2D eigenvalue weighted by Gasteiger charge is 2.36. The van der Waals surface area contributed by atoms with Gasteiger partial charge in [0.2, 0.25) is 0 Å². The number of halogens is 1. The number of rotatable bonds is 4. The van der Waals surface area contributed by atoms with Gasteiger partial charge in [0.05, 0.1) is 11.4 Å². The molecule has 3 N–H and O–H groups in total.